The molecule has 100 valence electrons. The van der Waals surface area contributed by atoms with E-state index in [2.05, 4.69) is 19.2 Å². The fourth-order valence-electron chi connectivity index (χ4n) is 1.96. The van der Waals surface area contributed by atoms with Crippen molar-refractivity contribution in [2.75, 3.05) is 40.0 Å². The molecular weight excluding hydrogens is 220 g/mol. The summed E-state index contributed by atoms with van der Waals surface area (Å²) in [5.41, 5.74) is 0. The fourth-order valence-corrected chi connectivity index (χ4v) is 1.96. The van der Waals surface area contributed by atoms with Gasteiger partial charge in [0.1, 0.15) is 0 Å². The van der Waals surface area contributed by atoms with Gasteiger partial charge in [0.25, 0.3) is 0 Å². The average molecular weight is 244 g/mol. The number of carbonyl (C=O) groups excluding carboxylic acids is 1. The molecule has 2 unspecified atom stereocenters. The minimum Gasteiger partial charge on any atom is -0.382 e. The normalized spacial score (nSPS) is 25.0. The van der Waals surface area contributed by atoms with Gasteiger partial charge >= 0.3 is 0 Å². The highest BCUT2D eigenvalue weighted by atomic mass is 16.5. The molecule has 5 nitrogen and oxygen atoms in total. The molecule has 0 saturated carbocycles. The van der Waals surface area contributed by atoms with E-state index in [0.717, 1.165) is 13.1 Å². The highest BCUT2D eigenvalue weighted by molar-refractivity contribution is 5.76. The van der Waals surface area contributed by atoms with E-state index >= 15 is 0 Å². The SMILES string of the molecule is COCCOCCC(=O)N1CCNC(C)C1C. The zero-order valence-electron chi connectivity index (χ0n) is 11.1. The number of amides is 1. The number of ether oxygens (including phenoxy) is 2. The van der Waals surface area contributed by atoms with Crippen LogP contribution in [0, 0.1) is 0 Å². The third kappa shape index (κ3) is 4.61. The van der Waals surface area contributed by atoms with Crippen LogP contribution in [0.15, 0.2) is 0 Å². The van der Waals surface area contributed by atoms with Crippen molar-refractivity contribution in [2.45, 2.75) is 32.4 Å². The zero-order valence-corrected chi connectivity index (χ0v) is 11.1. The molecule has 0 aliphatic carbocycles. The van der Waals surface area contributed by atoms with Crippen LogP contribution in [0.4, 0.5) is 0 Å². The standard InChI is InChI=1S/C12H24N2O3/c1-10-11(2)14(6-5-13-10)12(15)4-7-17-9-8-16-3/h10-11,13H,4-9H2,1-3H3. The van der Waals surface area contributed by atoms with Gasteiger partial charge in [0, 0.05) is 32.3 Å². The molecule has 2 atom stereocenters. The number of hydrogen-bond donors (Lipinski definition) is 1. The van der Waals surface area contributed by atoms with Crippen molar-refractivity contribution in [3.05, 3.63) is 0 Å². The largest absolute Gasteiger partial charge is 0.382 e. The van der Waals surface area contributed by atoms with E-state index < -0.39 is 0 Å². The van der Waals surface area contributed by atoms with Crippen LogP contribution in [-0.4, -0.2) is 62.9 Å². The van der Waals surface area contributed by atoms with Gasteiger partial charge in [0.15, 0.2) is 0 Å². The second-order valence-electron chi connectivity index (χ2n) is 4.43. The molecule has 1 N–H and O–H groups in total. The first kappa shape index (κ1) is 14.4. The maximum Gasteiger partial charge on any atom is 0.225 e. The van der Waals surface area contributed by atoms with Gasteiger partial charge in [-0.1, -0.05) is 0 Å². The number of nitrogens with zero attached hydrogens (tertiary/aromatic N) is 1. The molecule has 17 heavy (non-hydrogen) atoms. The Morgan fingerprint density at radius 2 is 2.12 bits per heavy atom. The predicted octanol–water partition coefficient (Wildman–Crippen LogP) is 0.248. The molecule has 1 aliphatic rings. The van der Waals surface area contributed by atoms with Crippen LogP contribution in [0.1, 0.15) is 20.3 Å². The Hall–Kier alpha value is -0.650. The number of carbonyl (C=O) groups is 1. The Kier molecular flexibility index (Phi) is 6.47. The van der Waals surface area contributed by atoms with Crippen LogP contribution in [-0.2, 0) is 14.3 Å². The molecule has 0 aromatic rings. The van der Waals surface area contributed by atoms with E-state index in [9.17, 15) is 4.79 Å². The van der Waals surface area contributed by atoms with Crippen LogP contribution in [0.5, 0.6) is 0 Å². The van der Waals surface area contributed by atoms with Gasteiger partial charge in [0.05, 0.1) is 26.2 Å². The lowest BCUT2D eigenvalue weighted by molar-refractivity contribution is -0.136. The molecule has 0 aromatic heterocycles. The summed E-state index contributed by atoms with van der Waals surface area (Å²) >= 11 is 0. The monoisotopic (exact) mass is 244 g/mol. The molecule has 0 bridgehead atoms. The summed E-state index contributed by atoms with van der Waals surface area (Å²) in [5, 5.41) is 3.36. The molecule has 1 saturated heterocycles. The quantitative estimate of drug-likeness (QED) is 0.680. The smallest absolute Gasteiger partial charge is 0.225 e. The van der Waals surface area contributed by atoms with Gasteiger partial charge in [-0.2, -0.15) is 0 Å². The van der Waals surface area contributed by atoms with Crippen LogP contribution in [0.3, 0.4) is 0 Å². The topological polar surface area (TPSA) is 50.8 Å². The average Bonchev–Trinajstić information content (AvgIpc) is 2.32. The Labute approximate surface area is 103 Å². The Bertz CT molecular complexity index is 236. The number of hydrogen-bond acceptors (Lipinski definition) is 4. The second kappa shape index (κ2) is 7.63. The molecule has 1 amide bonds. The molecular formula is C12H24N2O3. The van der Waals surface area contributed by atoms with Crippen molar-refractivity contribution < 1.29 is 14.3 Å². The van der Waals surface area contributed by atoms with Crippen molar-refractivity contribution >= 4 is 5.91 Å². The molecule has 0 aromatic carbocycles. The highest BCUT2D eigenvalue weighted by Crippen LogP contribution is 2.10. The lowest BCUT2D eigenvalue weighted by Crippen LogP contribution is -2.57. The number of piperazine rings is 1. The first-order valence-electron chi connectivity index (χ1n) is 6.26. The van der Waals surface area contributed by atoms with E-state index in [-0.39, 0.29) is 11.9 Å². The molecule has 1 aliphatic heterocycles. The van der Waals surface area contributed by atoms with E-state index in [1.54, 1.807) is 7.11 Å². The summed E-state index contributed by atoms with van der Waals surface area (Å²) in [6, 6.07) is 0.623. The van der Waals surface area contributed by atoms with Crippen molar-refractivity contribution in [1.29, 1.82) is 0 Å². The minimum absolute atomic E-state index is 0.184. The van der Waals surface area contributed by atoms with E-state index in [1.165, 1.54) is 0 Å². The third-order valence-corrected chi connectivity index (χ3v) is 3.25. The molecule has 1 rings (SSSR count). The maximum atomic E-state index is 12.0. The van der Waals surface area contributed by atoms with Gasteiger partial charge < -0.3 is 19.7 Å². The summed E-state index contributed by atoms with van der Waals surface area (Å²) in [5.74, 6) is 0.184. The van der Waals surface area contributed by atoms with Gasteiger partial charge in [0.2, 0.25) is 5.91 Å². The lowest BCUT2D eigenvalue weighted by Gasteiger charge is -2.38. The van der Waals surface area contributed by atoms with Gasteiger partial charge in [-0.3, -0.25) is 4.79 Å². The second-order valence-corrected chi connectivity index (χ2v) is 4.43. The summed E-state index contributed by atoms with van der Waals surface area (Å²) in [6.07, 6.45) is 0.459. The van der Waals surface area contributed by atoms with Gasteiger partial charge in [-0.05, 0) is 13.8 Å². The van der Waals surface area contributed by atoms with Crippen molar-refractivity contribution in [3.63, 3.8) is 0 Å². The summed E-state index contributed by atoms with van der Waals surface area (Å²) in [4.78, 5) is 13.9. The summed E-state index contributed by atoms with van der Waals surface area (Å²) < 4.78 is 10.2. The van der Waals surface area contributed by atoms with Crippen molar-refractivity contribution in [3.8, 4) is 0 Å². The van der Waals surface area contributed by atoms with Crippen LogP contribution in [0.25, 0.3) is 0 Å². The molecule has 1 fully saturated rings. The molecule has 1 heterocycles. The van der Waals surface area contributed by atoms with Crippen LogP contribution in [0.2, 0.25) is 0 Å². The van der Waals surface area contributed by atoms with E-state index in [1.807, 2.05) is 4.90 Å². The molecule has 0 radical (unpaired) electrons. The van der Waals surface area contributed by atoms with Crippen molar-refractivity contribution in [2.24, 2.45) is 0 Å². The zero-order chi connectivity index (χ0) is 12.7. The van der Waals surface area contributed by atoms with E-state index in [0.29, 0.717) is 32.3 Å². The van der Waals surface area contributed by atoms with Gasteiger partial charge in [-0.25, -0.2) is 0 Å². The predicted molar refractivity (Wildman–Crippen MR) is 66.0 cm³/mol. The fraction of sp³-hybridized carbons (Fsp3) is 0.917. The van der Waals surface area contributed by atoms with Crippen LogP contribution >= 0.6 is 0 Å². The number of rotatable bonds is 6. The number of methoxy groups -OCH3 is 1. The lowest BCUT2D eigenvalue weighted by atomic mass is 10.1. The number of nitrogens with one attached hydrogen (secondary N) is 1. The Balaban J connectivity index is 2.22. The molecule has 0 spiro atoms. The summed E-state index contributed by atoms with van der Waals surface area (Å²) in [6.45, 7) is 7.48. The highest BCUT2D eigenvalue weighted by Gasteiger charge is 2.27. The first-order chi connectivity index (χ1) is 8.16. The maximum absolute atomic E-state index is 12.0. The van der Waals surface area contributed by atoms with Crippen LogP contribution < -0.4 is 5.32 Å². The Morgan fingerprint density at radius 3 is 2.82 bits per heavy atom. The summed E-state index contributed by atoms with van der Waals surface area (Å²) in [7, 11) is 1.64. The van der Waals surface area contributed by atoms with E-state index in [4.69, 9.17) is 9.47 Å². The van der Waals surface area contributed by atoms with Gasteiger partial charge in [-0.15, -0.1) is 0 Å². The molecule has 5 heteroatoms. The van der Waals surface area contributed by atoms with Crippen molar-refractivity contribution in [1.82, 2.24) is 10.2 Å². The third-order valence-electron chi connectivity index (χ3n) is 3.25. The first-order valence-corrected chi connectivity index (χ1v) is 6.26. The minimum atomic E-state index is 0.184. The Morgan fingerprint density at radius 1 is 1.35 bits per heavy atom.